The van der Waals surface area contributed by atoms with Gasteiger partial charge < -0.3 is 4.42 Å². The van der Waals surface area contributed by atoms with Gasteiger partial charge in [-0.1, -0.05) is 113 Å². The minimum atomic E-state index is 0.653. The summed E-state index contributed by atoms with van der Waals surface area (Å²) in [6, 6.07) is 51.4. The van der Waals surface area contributed by atoms with Gasteiger partial charge in [-0.2, -0.15) is 0 Å². The maximum Gasteiger partial charge on any atom is 0.235 e. The van der Waals surface area contributed by atoms with E-state index in [-0.39, 0.29) is 0 Å². The largest absolute Gasteiger partial charge is 0.456 e. The van der Waals surface area contributed by atoms with Gasteiger partial charge in [0.2, 0.25) is 5.95 Å². The number of hydrogen-bond donors (Lipinski definition) is 0. The number of furan rings is 1. The summed E-state index contributed by atoms with van der Waals surface area (Å²) in [6.07, 6.45) is 0. The Hall–Kier alpha value is -5.82. The molecule has 0 radical (unpaired) electrons. The molecule has 0 N–H and O–H groups in total. The van der Waals surface area contributed by atoms with E-state index in [1.165, 1.54) is 25.6 Å². The zero-order valence-electron chi connectivity index (χ0n) is 26.4. The van der Waals surface area contributed by atoms with Crippen molar-refractivity contribution in [2.75, 3.05) is 0 Å². The van der Waals surface area contributed by atoms with Crippen molar-refractivity contribution in [1.82, 2.24) is 14.5 Å². The van der Waals surface area contributed by atoms with Crippen LogP contribution in [0.4, 0.5) is 0 Å². The van der Waals surface area contributed by atoms with Crippen LogP contribution in [0.25, 0.3) is 103 Å². The van der Waals surface area contributed by atoms with Gasteiger partial charge in [0.05, 0.1) is 22.2 Å². The van der Waals surface area contributed by atoms with Gasteiger partial charge in [-0.25, -0.2) is 9.97 Å². The van der Waals surface area contributed by atoms with Gasteiger partial charge in [0.25, 0.3) is 0 Å². The number of thiophene rings is 1. The Kier molecular flexibility index (Phi) is 5.94. The highest BCUT2D eigenvalue weighted by Crippen LogP contribution is 2.42. The molecule has 50 heavy (non-hydrogen) atoms. The SMILES string of the molecule is Brc1cccc2oc3ccc(-c4ccc5c6ccccc6n(-c6nc(-c7cccc8c7sc7ccccc78)c7ccccc7n6)c5c4)cc3c12. The molecule has 4 heterocycles. The van der Waals surface area contributed by atoms with Crippen molar-refractivity contribution in [3.8, 4) is 28.3 Å². The summed E-state index contributed by atoms with van der Waals surface area (Å²) in [7, 11) is 0. The van der Waals surface area contributed by atoms with E-state index < -0.39 is 0 Å². The van der Waals surface area contributed by atoms with Crippen molar-refractivity contribution in [3.63, 3.8) is 0 Å². The fourth-order valence-electron chi connectivity index (χ4n) is 7.63. The second-order valence-corrected chi connectivity index (χ2v) is 14.6. The Labute approximate surface area is 298 Å². The summed E-state index contributed by atoms with van der Waals surface area (Å²) in [4.78, 5) is 10.7. The normalized spacial score (nSPS) is 12.1. The summed E-state index contributed by atoms with van der Waals surface area (Å²) >= 11 is 5.58. The van der Waals surface area contributed by atoms with Crippen LogP contribution in [0.3, 0.4) is 0 Å². The Morgan fingerprint density at radius 1 is 0.540 bits per heavy atom. The van der Waals surface area contributed by atoms with Crippen LogP contribution in [0.15, 0.2) is 154 Å². The van der Waals surface area contributed by atoms with Crippen LogP contribution < -0.4 is 0 Å². The topological polar surface area (TPSA) is 43.9 Å². The van der Waals surface area contributed by atoms with Gasteiger partial charge in [-0.05, 0) is 59.7 Å². The monoisotopic (exact) mass is 721 g/mol. The first kappa shape index (κ1) is 28.1. The van der Waals surface area contributed by atoms with Crippen molar-refractivity contribution in [1.29, 1.82) is 0 Å². The van der Waals surface area contributed by atoms with E-state index in [0.29, 0.717) is 5.95 Å². The molecular weight excluding hydrogens is 698 g/mol. The Morgan fingerprint density at radius 3 is 2.22 bits per heavy atom. The molecule has 234 valence electrons. The summed E-state index contributed by atoms with van der Waals surface area (Å²) in [6.45, 7) is 0. The smallest absolute Gasteiger partial charge is 0.235 e. The molecule has 0 aliphatic carbocycles. The van der Waals surface area contributed by atoms with Crippen molar-refractivity contribution in [3.05, 3.63) is 150 Å². The van der Waals surface area contributed by atoms with Crippen molar-refractivity contribution in [2.24, 2.45) is 0 Å². The summed E-state index contributed by atoms with van der Waals surface area (Å²) < 4.78 is 12.0. The summed E-state index contributed by atoms with van der Waals surface area (Å²) in [5.74, 6) is 0.653. The predicted octanol–water partition coefficient (Wildman–Crippen LogP) is 13.1. The first-order chi connectivity index (χ1) is 24.7. The highest BCUT2D eigenvalue weighted by atomic mass is 79.9. The molecule has 0 aliphatic heterocycles. The van der Waals surface area contributed by atoms with Gasteiger partial charge >= 0.3 is 0 Å². The number of para-hydroxylation sites is 2. The first-order valence-corrected chi connectivity index (χ1v) is 18.1. The molecule has 0 unspecified atom stereocenters. The van der Waals surface area contributed by atoms with Crippen molar-refractivity contribution in [2.45, 2.75) is 0 Å². The summed E-state index contributed by atoms with van der Waals surface area (Å²) in [5.41, 5.74) is 9.07. The van der Waals surface area contributed by atoms with Crippen LogP contribution in [0, 0.1) is 0 Å². The predicted molar refractivity (Wildman–Crippen MR) is 213 cm³/mol. The number of rotatable bonds is 3. The second-order valence-electron chi connectivity index (χ2n) is 12.7. The first-order valence-electron chi connectivity index (χ1n) is 16.5. The van der Waals surface area contributed by atoms with Gasteiger partial charge in [-0.15, -0.1) is 11.3 Å². The van der Waals surface area contributed by atoms with Crippen molar-refractivity contribution < 1.29 is 4.42 Å². The van der Waals surface area contributed by atoms with E-state index in [9.17, 15) is 0 Å². The lowest BCUT2D eigenvalue weighted by Crippen LogP contribution is -2.03. The number of nitrogens with zero attached hydrogens (tertiary/aromatic N) is 3. The molecular formula is C44H24BrN3OS. The lowest BCUT2D eigenvalue weighted by molar-refractivity contribution is 0.669. The number of hydrogen-bond acceptors (Lipinski definition) is 4. The van der Waals surface area contributed by atoms with Crippen LogP contribution in [0.1, 0.15) is 0 Å². The molecule has 0 saturated carbocycles. The van der Waals surface area contributed by atoms with E-state index in [1.807, 2.05) is 23.5 Å². The standard InChI is InChI=1S/C44H24BrN3OS/c45-34-14-8-17-39-41(34)33-23-25(20-22-38(33)49-39)26-19-21-28-27-9-2-5-16-36(27)48(37(28)24-26)44-46-35-15-4-1-11-31(35)42(47-44)32-13-7-12-30-29-10-3-6-18-40(29)50-43(30)32/h1-24H. The molecule has 0 amide bonds. The lowest BCUT2D eigenvalue weighted by atomic mass is 10.0. The van der Waals surface area contributed by atoms with Gasteiger partial charge in [-0.3, -0.25) is 4.57 Å². The third-order valence-corrected chi connectivity index (χ3v) is 11.8. The highest BCUT2D eigenvalue weighted by molar-refractivity contribution is 9.10. The molecule has 0 atom stereocenters. The molecule has 11 rings (SSSR count). The van der Waals surface area contributed by atoms with E-state index in [4.69, 9.17) is 14.4 Å². The third-order valence-electron chi connectivity index (χ3n) is 9.90. The van der Waals surface area contributed by atoms with Crippen LogP contribution in [0.2, 0.25) is 0 Å². The molecule has 0 saturated heterocycles. The molecule has 0 spiro atoms. The summed E-state index contributed by atoms with van der Waals surface area (Å²) in [5, 5.41) is 8.06. The lowest BCUT2D eigenvalue weighted by Gasteiger charge is -2.12. The molecule has 7 aromatic carbocycles. The number of aromatic nitrogens is 3. The van der Waals surface area contributed by atoms with Gasteiger partial charge in [0.15, 0.2) is 0 Å². The third kappa shape index (κ3) is 4.03. The van der Waals surface area contributed by atoms with E-state index >= 15 is 0 Å². The van der Waals surface area contributed by atoms with E-state index in [2.05, 4.69) is 154 Å². The highest BCUT2D eigenvalue weighted by Gasteiger charge is 2.20. The molecule has 6 heteroatoms. The minimum Gasteiger partial charge on any atom is -0.456 e. The number of fused-ring (bicyclic) bond motifs is 10. The molecule has 0 fully saturated rings. The van der Waals surface area contributed by atoms with Gasteiger partial charge in [0, 0.05) is 57.1 Å². The zero-order chi connectivity index (χ0) is 32.9. The zero-order valence-corrected chi connectivity index (χ0v) is 28.8. The van der Waals surface area contributed by atoms with Crippen LogP contribution in [0.5, 0.6) is 0 Å². The number of benzene rings is 7. The van der Waals surface area contributed by atoms with Crippen LogP contribution >= 0.6 is 27.3 Å². The maximum atomic E-state index is 6.19. The van der Waals surface area contributed by atoms with Crippen molar-refractivity contribution >= 4 is 102 Å². The average Bonchev–Trinajstić information content (AvgIpc) is 3.84. The van der Waals surface area contributed by atoms with Gasteiger partial charge in [0.1, 0.15) is 11.2 Å². The van der Waals surface area contributed by atoms with Crippen LogP contribution in [-0.4, -0.2) is 14.5 Å². The Bertz CT molecular complexity index is 3190. The average molecular weight is 723 g/mol. The molecule has 11 aromatic rings. The quantitative estimate of drug-likeness (QED) is 0.182. The van der Waals surface area contributed by atoms with E-state index in [0.717, 1.165) is 76.1 Å². The fourth-order valence-corrected chi connectivity index (χ4v) is 9.41. The second kappa shape index (κ2) is 10.6. The molecule has 4 aromatic heterocycles. The van der Waals surface area contributed by atoms with Crippen LogP contribution in [-0.2, 0) is 0 Å². The van der Waals surface area contributed by atoms with E-state index in [1.54, 1.807) is 0 Å². The molecule has 0 bridgehead atoms. The fraction of sp³-hybridized carbons (Fsp3) is 0. The molecule has 0 aliphatic rings. The Balaban J connectivity index is 1.18. The minimum absolute atomic E-state index is 0.653. The molecule has 4 nitrogen and oxygen atoms in total. The Morgan fingerprint density at radius 2 is 1.28 bits per heavy atom. The maximum absolute atomic E-state index is 6.19. The number of halogens is 1.